The second-order valence-electron chi connectivity index (χ2n) is 6.11. The van der Waals surface area contributed by atoms with Gasteiger partial charge < -0.3 is 5.32 Å². The van der Waals surface area contributed by atoms with Gasteiger partial charge in [0.15, 0.2) is 0 Å². The van der Waals surface area contributed by atoms with Crippen molar-refractivity contribution in [3.05, 3.63) is 0 Å². The van der Waals surface area contributed by atoms with E-state index in [1.54, 1.807) is 0 Å². The highest BCUT2D eigenvalue weighted by Gasteiger charge is 2.29. The average Bonchev–Trinajstić information content (AvgIpc) is 2.79. The zero-order valence-electron chi connectivity index (χ0n) is 12.5. The molecule has 0 spiro atoms. The zero-order valence-corrected chi connectivity index (χ0v) is 13.3. The number of rotatable bonds is 10. The molecule has 2 N–H and O–H groups in total. The van der Waals surface area contributed by atoms with Crippen LogP contribution in [0.4, 0.5) is 0 Å². The molecule has 0 heterocycles. The molecule has 0 saturated heterocycles. The molecule has 0 amide bonds. The van der Waals surface area contributed by atoms with Crippen LogP contribution in [-0.2, 0) is 10.0 Å². The van der Waals surface area contributed by atoms with Crippen LogP contribution in [0.15, 0.2) is 0 Å². The quantitative estimate of drug-likeness (QED) is 0.607. The van der Waals surface area contributed by atoms with E-state index in [9.17, 15) is 8.42 Å². The van der Waals surface area contributed by atoms with E-state index >= 15 is 0 Å². The Morgan fingerprint density at radius 3 is 2.42 bits per heavy atom. The van der Waals surface area contributed by atoms with Crippen LogP contribution in [0.25, 0.3) is 0 Å². The van der Waals surface area contributed by atoms with Crippen LogP contribution in [0, 0.1) is 5.41 Å². The first-order valence-electron chi connectivity index (χ1n) is 7.65. The van der Waals surface area contributed by atoms with Crippen molar-refractivity contribution < 1.29 is 8.42 Å². The Labute approximate surface area is 118 Å². The van der Waals surface area contributed by atoms with Crippen LogP contribution < -0.4 is 10.0 Å². The second kappa shape index (κ2) is 8.22. The summed E-state index contributed by atoms with van der Waals surface area (Å²) >= 11 is 0. The minimum absolute atomic E-state index is 0.190. The number of unbranched alkanes of at least 4 members (excludes halogenated alkanes) is 1. The lowest BCUT2D eigenvalue weighted by molar-refractivity contribution is 0.336. The molecule has 114 valence electrons. The molecule has 0 bridgehead atoms. The second-order valence-corrected chi connectivity index (χ2v) is 8.04. The smallest absolute Gasteiger partial charge is 0.211 e. The number of hydrogen-bond donors (Lipinski definition) is 2. The van der Waals surface area contributed by atoms with E-state index in [0.717, 1.165) is 45.2 Å². The van der Waals surface area contributed by atoms with Crippen molar-refractivity contribution in [2.45, 2.75) is 58.8 Å². The number of sulfonamides is 1. The molecule has 0 aromatic heterocycles. The summed E-state index contributed by atoms with van der Waals surface area (Å²) in [6, 6.07) is 0. The summed E-state index contributed by atoms with van der Waals surface area (Å²) < 4.78 is 26.6. The van der Waals surface area contributed by atoms with Gasteiger partial charge in [-0.3, -0.25) is 0 Å². The van der Waals surface area contributed by atoms with Gasteiger partial charge in [0.25, 0.3) is 0 Å². The molecule has 5 heteroatoms. The van der Waals surface area contributed by atoms with E-state index in [1.807, 2.05) is 0 Å². The third kappa shape index (κ3) is 7.28. The Morgan fingerprint density at radius 1 is 1.11 bits per heavy atom. The summed E-state index contributed by atoms with van der Waals surface area (Å²) in [6.45, 7) is 6.87. The molecular weight excluding hydrogens is 260 g/mol. The molecule has 0 atom stereocenters. The summed E-state index contributed by atoms with van der Waals surface area (Å²) in [5, 5.41) is 3.29. The van der Waals surface area contributed by atoms with Crippen molar-refractivity contribution in [1.29, 1.82) is 0 Å². The summed E-state index contributed by atoms with van der Waals surface area (Å²) in [6.07, 6.45) is 7.56. The highest BCUT2D eigenvalue weighted by atomic mass is 32.2. The van der Waals surface area contributed by atoms with E-state index in [4.69, 9.17) is 0 Å². The maximum absolute atomic E-state index is 11.9. The molecule has 1 aliphatic rings. The van der Waals surface area contributed by atoms with E-state index in [2.05, 4.69) is 23.9 Å². The molecule has 1 saturated carbocycles. The van der Waals surface area contributed by atoms with E-state index in [-0.39, 0.29) is 11.2 Å². The highest BCUT2D eigenvalue weighted by molar-refractivity contribution is 7.89. The van der Waals surface area contributed by atoms with Gasteiger partial charge in [0, 0.05) is 6.54 Å². The van der Waals surface area contributed by atoms with Crippen molar-refractivity contribution in [2.24, 2.45) is 5.41 Å². The van der Waals surface area contributed by atoms with E-state index in [0.29, 0.717) is 6.54 Å². The molecule has 0 radical (unpaired) electrons. The number of hydrogen-bond acceptors (Lipinski definition) is 3. The molecule has 0 unspecified atom stereocenters. The Hall–Kier alpha value is -0.130. The van der Waals surface area contributed by atoms with Gasteiger partial charge in [0.2, 0.25) is 10.0 Å². The third-order valence-corrected chi connectivity index (χ3v) is 5.38. The van der Waals surface area contributed by atoms with Crippen molar-refractivity contribution in [1.82, 2.24) is 10.0 Å². The third-order valence-electron chi connectivity index (χ3n) is 3.97. The van der Waals surface area contributed by atoms with Gasteiger partial charge in [0.1, 0.15) is 0 Å². The lowest BCUT2D eigenvalue weighted by Gasteiger charge is -2.23. The van der Waals surface area contributed by atoms with Gasteiger partial charge in [-0.15, -0.1) is 0 Å². The van der Waals surface area contributed by atoms with Crippen LogP contribution in [0.3, 0.4) is 0 Å². The normalized spacial score (nSPS) is 18.8. The molecule has 4 nitrogen and oxygen atoms in total. The van der Waals surface area contributed by atoms with Crippen LogP contribution in [0.1, 0.15) is 58.8 Å². The fourth-order valence-corrected chi connectivity index (χ4v) is 3.90. The topological polar surface area (TPSA) is 58.2 Å². The fourth-order valence-electron chi connectivity index (χ4n) is 2.61. The van der Waals surface area contributed by atoms with E-state index < -0.39 is 10.0 Å². The van der Waals surface area contributed by atoms with Gasteiger partial charge in [-0.05, 0) is 50.6 Å². The van der Waals surface area contributed by atoms with Crippen molar-refractivity contribution in [3.8, 4) is 0 Å². The van der Waals surface area contributed by atoms with Gasteiger partial charge in [-0.25, -0.2) is 13.1 Å². The van der Waals surface area contributed by atoms with Crippen molar-refractivity contribution >= 4 is 10.0 Å². The fraction of sp³-hybridized carbons (Fsp3) is 1.00. The standard InChI is InChI=1S/C14H30N2O2S/c1-3-10-15-11-6-7-12-19(17,18)16-13-14(2)8-4-5-9-14/h15-16H,3-13H2,1-2H3. The molecule has 1 fully saturated rings. The molecule has 0 aromatic rings. The van der Waals surface area contributed by atoms with Gasteiger partial charge in [0.05, 0.1) is 5.75 Å². The van der Waals surface area contributed by atoms with Gasteiger partial charge in [-0.2, -0.15) is 0 Å². The molecule has 0 aromatic carbocycles. The Kier molecular flexibility index (Phi) is 7.32. The van der Waals surface area contributed by atoms with Gasteiger partial charge in [-0.1, -0.05) is 26.7 Å². The predicted molar refractivity (Wildman–Crippen MR) is 80.8 cm³/mol. The average molecular weight is 290 g/mol. The van der Waals surface area contributed by atoms with E-state index in [1.165, 1.54) is 12.8 Å². The van der Waals surface area contributed by atoms with Crippen molar-refractivity contribution in [3.63, 3.8) is 0 Å². The minimum Gasteiger partial charge on any atom is -0.317 e. The summed E-state index contributed by atoms with van der Waals surface area (Å²) in [5.41, 5.74) is 0.190. The molecule has 19 heavy (non-hydrogen) atoms. The summed E-state index contributed by atoms with van der Waals surface area (Å²) in [4.78, 5) is 0. The lowest BCUT2D eigenvalue weighted by atomic mass is 9.89. The first-order valence-corrected chi connectivity index (χ1v) is 9.31. The van der Waals surface area contributed by atoms with Crippen LogP contribution in [-0.4, -0.2) is 33.8 Å². The van der Waals surface area contributed by atoms with Crippen LogP contribution >= 0.6 is 0 Å². The molecule has 0 aliphatic heterocycles. The number of nitrogens with one attached hydrogen (secondary N) is 2. The van der Waals surface area contributed by atoms with Crippen LogP contribution in [0.2, 0.25) is 0 Å². The first-order chi connectivity index (χ1) is 8.97. The molecular formula is C14H30N2O2S. The zero-order chi connectivity index (χ0) is 14.2. The Balaban J connectivity index is 2.13. The maximum Gasteiger partial charge on any atom is 0.211 e. The summed E-state index contributed by atoms with van der Waals surface area (Å²) in [7, 11) is -3.08. The monoisotopic (exact) mass is 290 g/mol. The minimum atomic E-state index is -3.08. The highest BCUT2D eigenvalue weighted by Crippen LogP contribution is 2.36. The maximum atomic E-state index is 11.9. The SMILES string of the molecule is CCCNCCCCS(=O)(=O)NCC1(C)CCCC1. The van der Waals surface area contributed by atoms with Crippen LogP contribution in [0.5, 0.6) is 0 Å². The molecule has 1 rings (SSSR count). The van der Waals surface area contributed by atoms with Crippen molar-refractivity contribution in [2.75, 3.05) is 25.4 Å². The summed E-state index contributed by atoms with van der Waals surface area (Å²) in [5.74, 6) is 0.261. The molecule has 1 aliphatic carbocycles. The Morgan fingerprint density at radius 2 is 1.79 bits per heavy atom. The predicted octanol–water partition coefficient (Wildman–Crippen LogP) is 2.27. The lowest BCUT2D eigenvalue weighted by Crippen LogP contribution is -2.35. The Bertz CT molecular complexity index is 335. The largest absolute Gasteiger partial charge is 0.317 e. The first kappa shape index (κ1) is 16.9. The van der Waals surface area contributed by atoms with Gasteiger partial charge >= 0.3 is 0 Å².